The van der Waals surface area contributed by atoms with E-state index in [-0.39, 0.29) is 12.0 Å². The predicted octanol–water partition coefficient (Wildman–Crippen LogP) is 11.3. The van der Waals surface area contributed by atoms with E-state index in [4.69, 9.17) is 28.5 Å². The topological polar surface area (TPSA) is 74.2 Å². The van der Waals surface area contributed by atoms with Crippen molar-refractivity contribution < 1.29 is 13.6 Å². The molecule has 9 aromatic rings. The zero-order valence-corrected chi connectivity index (χ0v) is 27.2. The molecule has 51 heavy (non-hydrogen) atoms. The Labute approximate surface area is 292 Å². The van der Waals surface area contributed by atoms with Crippen molar-refractivity contribution in [2.75, 3.05) is 0 Å². The molecule has 2 unspecified atom stereocenters. The van der Waals surface area contributed by atoms with Crippen LogP contribution in [0.4, 0.5) is 0 Å². The van der Waals surface area contributed by atoms with E-state index in [9.17, 15) is 0 Å². The lowest BCUT2D eigenvalue weighted by Crippen LogP contribution is -2.15. The number of allylic oxidation sites excluding steroid dienone is 2. The zero-order chi connectivity index (χ0) is 33.5. The van der Waals surface area contributed by atoms with Crippen LogP contribution in [-0.2, 0) is 0 Å². The third-order valence-electron chi connectivity index (χ3n) is 10.1. The molecule has 0 bridgehead atoms. The minimum Gasteiger partial charge on any atom is -0.485 e. The molecule has 1 aliphatic heterocycles. The summed E-state index contributed by atoms with van der Waals surface area (Å²) in [5, 5.41) is 4.17. The predicted molar refractivity (Wildman–Crippen MR) is 202 cm³/mol. The van der Waals surface area contributed by atoms with Crippen LogP contribution < -0.4 is 4.74 Å². The second-order valence-electron chi connectivity index (χ2n) is 13.1. The molecule has 3 aromatic heterocycles. The van der Waals surface area contributed by atoms with Crippen LogP contribution >= 0.6 is 0 Å². The molecule has 0 N–H and O–H groups in total. The summed E-state index contributed by atoms with van der Waals surface area (Å²) < 4.78 is 18.9. The second kappa shape index (κ2) is 10.9. The second-order valence-corrected chi connectivity index (χ2v) is 13.1. The number of benzene rings is 6. The molecule has 0 amide bonds. The summed E-state index contributed by atoms with van der Waals surface area (Å²) in [6.07, 6.45) is 8.58. The van der Waals surface area contributed by atoms with Crippen molar-refractivity contribution in [3.8, 4) is 51.0 Å². The first-order valence-corrected chi connectivity index (χ1v) is 17.1. The number of nitrogens with zero attached hydrogens (tertiary/aromatic N) is 3. The Kier molecular flexibility index (Phi) is 5.98. The summed E-state index contributed by atoms with van der Waals surface area (Å²) in [5.74, 6) is 2.91. The number of aromatic nitrogens is 3. The standard InChI is InChI=1S/C45H27N3O3/c1-2-9-26(10-3-1)43-46-44(28-19-22-38-35(24-28)31-11-4-6-14-36(31)49-38)48-45(47-43)29-17-20-32-34-23-27(18-21-39(34)51-41(32)25-29)30-13-8-16-40-42(30)33-12-5-7-15-37(33)50-40/h1-25,33,37H. The van der Waals surface area contributed by atoms with Crippen LogP contribution in [0, 0.1) is 0 Å². The first-order chi connectivity index (χ1) is 25.2. The van der Waals surface area contributed by atoms with Crippen molar-refractivity contribution in [2.24, 2.45) is 0 Å². The molecule has 0 spiro atoms. The van der Waals surface area contributed by atoms with Crippen molar-refractivity contribution in [1.82, 2.24) is 15.0 Å². The van der Waals surface area contributed by atoms with E-state index in [0.29, 0.717) is 17.5 Å². The van der Waals surface area contributed by atoms with Gasteiger partial charge in [-0.3, -0.25) is 0 Å². The quantitative estimate of drug-likeness (QED) is 0.187. The number of para-hydroxylation sites is 1. The van der Waals surface area contributed by atoms with E-state index < -0.39 is 0 Å². The Hall–Kier alpha value is -6.79. The van der Waals surface area contributed by atoms with Crippen LogP contribution in [0.2, 0.25) is 0 Å². The smallest absolute Gasteiger partial charge is 0.164 e. The van der Waals surface area contributed by atoms with E-state index >= 15 is 0 Å². The lowest BCUT2D eigenvalue weighted by Gasteiger charge is -2.16. The van der Waals surface area contributed by atoms with Crippen LogP contribution in [0.3, 0.4) is 0 Å². The molecule has 0 saturated heterocycles. The van der Waals surface area contributed by atoms with Crippen LogP contribution in [0.5, 0.6) is 5.75 Å². The summed E-state index contributed by atoms with van der Waals surface area (Å²) in [5.41, 5.74) is 9.48. The summed E-state index contributed by atoms with van der Waals surface area (Å²) >= 11 is 0. The molecular formula is C45H27N3O3. The van der Waals surface area contributed by atoms with Crippen molar-refractivity contribution in [2.45, 2.75) is 12.0 Å². The fraction of sp³-hybridized carbons (Fsp3) is 0.0444. The van der Waals surface area contributed by atoms with E-state index in [1.807, 2.05) is 66.7 Å². The van der Waals surface area contributed by atoms with Gasteiger partial charge in [0, 0.05) is 49.7 Å². The normalized spacial score (nSPS) is 16.2. The molecule has 4 heterocycles. The van der Waals surface area contributed by atoms with Crippen molar-refractivity contribution in [1.29, 1.82) is 0 Å². The van der Waals surface area contributed by atoms with Gasteiger partial charge in [0.15, 0.2) is 17.5 Å². The fourth-order valence-corrected chi connectivity index (χ4v) is 7.65. The van der Waals surface area contributed by atoms with E-state index in [1.165, 1.54) is 11.1 Å². The van der Waals surface area contributed by atoms with Crippen molar-refractivity contribution >= 4 is 43.9 Å². The number of furan rings is 2. The largest absolute Gasteiger partial charge is 0.485 e. The lowest BCUT2D eigenvalue weighted by molar-refractivity contribution is 0.269. The Balaban J connectivity index is 1.03. The van der Waals surface area contributed by atoms with Gasteiger partial charge >= 0.3 is 0 Å². The molecule has 0 fully saturated rings. The van der Waals surface area contributed by atoms with Gasteiger partial charge in [0.2, 0.25) is 0 Å². The molecule has 1 aliphatic carbocycles. The average molecular weight is 658 g/mol. The number of rotatable bonds is 4. The Morgan fingerprint density at radius 1 is 0.431 bits per heavy atom. The molecule has 2 atom stereocenters. The van der Waals surface area contributed by atoms with Gasteiger partial charge in [0.1, 0.15) is 34.2 Å². The highest BCUT2D eigenvalue weighted by atomic mass is 16.5. The van der Waals surface area contributed by atoms with Gasteiger partial charge in [-0.05, 0) is 71.8 Å². The van der Waals surface area contributed by atoms with Crippen molar-refractivity contribution in [3.63, 3.8) is 0 Å². The molecule has 6 nitrogen and oxygen atoms in total. The first-order valence-electron chi connectivity index (χ1n) is 17.1. The Morgan fingerprint density at radius 2 is 1.06 bits per heavy atom. The highest BCUT2D eigenvalue weighted by Gasteiger charge is 2.34. The molecule has 2 aliphatic rings. The summed E-state index contributed by atoms with van der Waals surface area (Å²) in [7, 11) is 0. The highest BCUT2D eigenvalue weighted by molar-refractivity contribution is 6.08. The molecule has 11 rings (SSSR count). The molecule has 0 saturated carbocycles. The van der Waals surface area contributed by atoms with Crippen LogP contribution in [0.15, 0.2) is 161 Å². The van der Waals surface area contributed by atoms with Gasteiger partial charge in [-0.2, -0.15) is 0 Å². The van der Waals surface area contributed by atoms with E-state index in [0.717, 1.165) is 71.9 Å². The maximum Gasteiger partial charge on any atom is 0.164 e. The Bertz CT molecular complexity index is 2920. The maximum absolute atomic E-state index is 6.47. The Morgan fingerprint density at radius 3 is 1.90 bits per heavy atom. The number of ether oxygens (including phenoxy) is 1. The third-order valence-corrected chi connectivity index (χ3v) is 10.1. The molecule has 6 heteroatoms. The zero-order valence-electron chi connectivity index (χ0n) is 27.2. The number of hydrogen-bond acceptors (Lipinski definition) is 6. The van der Waals surface area contributed by atoms with Gasteiger partial charge in [-0.1, -0.05) is 91.0 Å². The summed E-state index contributed by atoms with van der Waals surface area (Å²) in [4.78, 5) is 15.0. The fourth-order valence-electron chi connectivity index (χ4n) is 7.65. The van der Waals surface area contributed by atoms with Gasteiger partial charge in [0.25, 0.3) is 0 Å². The van der Waals surface area contributed by atoms with Gasteiger partial charge in [0.05, 0.1) is 0 Å². The summed E-state index contributed by atoms with van der Waals surface area (Å²) in [6.45, 7) is 0. The lowest BCUT2D eigenvalue weighted by atomic mass is 9.86. The third kappa shape index (κ3) is 4.46. The molecule has 6 aromatic carbocycles. The van der Waals surface area contributed by atoms with E-state index in [2.05, 4.69) is 85.0 Å². The van der Waals surface area contributed by atoms with Gasteiger partial charge < -0.3 is 13.6 Å². The van der Waals surface area contributed by atoms with Crippen LogP contribution in [-0.4, -0.2) is 21.1 Å². The van der Waals surface area contributed by atoms with E-state index in [1.54, 1.807) is 0 Å². The van der Waals surface area contributed by atoms with Gasteiger partial charge in [-0.25, -0.2) is 15.0 Å². The number of fused-ring (bicyclic) bond motifs is 9. The SMILES string of the molecule is C1=CC2Oc3cccc(-c4ccc5oc6cc(-c7nc(-c8ccccc8)nc(-c8ccc9oc%10ccccc%10c9c8)n7)ccc6c5c4)c3C2C=C1. The minimum absolute atomic E-state index is 0.0369. The maximum atomic E-state index is 6.47. The highest BCUT2D eigenvalue weighted by Crippen LogP contribution is 2.47. The van der Waals surface area contributed by atoms with Gasteiger partial charge in [-0.15, -0.1) is 0 Å². The average Bonchev–Trinajstić information content (AvgIpc) is 3.88. The van der Waals surface area contributed by atoms with Crippen LogP contribution in [0.25, 0.3) is 89.2 Å². The number of hydrogen-bond donors (Lipinski definition) is 0. The summed E-state index contributed by atoms with van der Waals surface area (Å²) in [6, 6.07) is 43.2. The molecule has 0 radical (unpaired) electrons. The molecular weight excluding hydrogens is 631 g/mol. The monoisotopic (exact) mass is 657 g/mol. The first kappa shape index (κ1) is 28.1. The van der Waals surface area contributed by atoms with Crippen LogP contribution in [0.1, 0.15) is 11.5 Å². The minimum atomic E-state index is 0.0369. The van der Waals surface area contributed by atoms with Crippen molar-refractivity contribution in [3.05, 3.63) is 157 Å². The molecule has 240 valence electrons.